The van der Waals surface area contributed by atoms with Gasteiger partial charge in [-0.1, -0.05) is 20.8 Å². The molecule has 0 unspecified atom stereocenters. The smallest absolute Gasteiger partial charge is 0.227 e. The third kappa shape index (κ3) is 4.69. The minimum atomic E-state index is -0.767. The van der Waals surface area contributed by atoms with Crippen LogP contribution in [0.15, 0.2) is 0 Å². The Bertz CT molecular complexity index is 177. The number of ether oxygens (including phenoxy) is 1. The van der Waals surface area contributed by atoms with Crippen LogP contribution in [0.5, 0.6) is 0 Å². The number of nitrogens with one attached hydrogen (secondary N) is 1. The van der Waals surface area contributed by atoms with Crippen LogP contribution in [-0.4, -0.2) is 24.1 Å². The maximum atomic E-state index is 11.4. The van der Waals surface area contributed by atoms with Crippen molar-refractivity contribution in [3.05, 3.63) is 0 Å². The third-order valence-corrected chi connectivity index (χ3v) is 1.90. The first-order chi connectivity index (χ1) is 5.79. The van der Waals surface area contributed by atoms with Crippen LogP contribution in [0, 0.1) is 5.41 Å². The number of carbonyl (C=O) groups excluding carboxylic acids is 1. The number of rotatable bonds is 3. The van der Waals surface area contributed by atoms with E-state index in [1.807, 2.05) is 0 Å². The highest BCUT2D eigenvalue weighted by Crippen LogP contribution is 2.15. The van der Waals surface area contributed by atoms with Gasteiger partial charge in [0.05, 0.1) is 0 Å². The second kappa shape index (κ2) is 5.03. The van der Waals surface area contributed by atoms with Gasteiger partial charge in [-0.3, -0.25) is 4.79 Å². The van der Waals surface area contributed by atoms with E-state index in [-0.39, 0.29) is 5.91 Å². The highest BCUT2D eigenvalue weighted by molar-refractivity contribution is 6.44. The van der Waals surface area contributed by atoms with Gasteiger partial charge in [0.25, 0.3) is 0 Å². The molecule has 78 valence electrons. The Labute approximate surface area is 88.7 Å². The van der Waals surface area contributed by atoms with E-state index in [2.05, 4.69) is 5.32 Å². The number of hydrogen-bond donors (Lipinski definition) is 1. The van der Waals surface area contributed by atoms with Gasteiger partial charge in [0.15, 0.2) is 11.1 Å². The summed E-state index contributed by atoms with van der Waals surface area (Å²) in [6.07, 6.45) is -0.657. The van der Waals surface area contributed by atoms with Crippen molar-refractivity contribution in [2.24, 2.45) is 5.41 Å². The maximum absolute atomic E-state index is 11.4. The monoisotopic (exact) mass is 227 g/mol. The minimum absolute atomic E-state index is 0.148. The molecule has 1 N–H and O–H groups in total. The summed E-state index contributed by atoms with van der Waals surface area (Å²) in [4.78, 5) is 10.7. The van der Waals surface area contributed by atoms with E-state index in [9.17, 15) is 4.79 Å². The molecule has 0 rings (SSSR count). The van der Waals surface area contributed by atoms with Crippen molar-refractivity contribution in [2.75, 3.05) is 7.11 Å². The van der Waals surface area contributed by atoms with Gasteiger partial charge in [0, 0.05) is 12.5 Å². The normalized spacial score (nSPS) is 14.4. The van der Waals surface area contributed by atoms with Crippen LogP contribution in [-0.2, 0) is 9.53 Å². The van der Waals surface area contributed by atoms with Gasteiger partial charge in [-0.25, -0.2) is 0 Å². The fraction of sp³-hybridized carbons (Fsp3) is 0.875. The Morgan fingerprint density at radius 2 is 1.85 bits per heavy atom. The average molecular weight is 228 g/mol. The molecule has 0 heterocycles. The molecule has 0 spiro atoms. The molecule has 0 saturated heterocycles. The van der Waals surface area contributed by atoms with Gasteiger partial charge in [-0.2, -0.15) is 0 Å². The van der Waals surface area contributed by atoms with Crippen LogP contribution in [0.1, 0.15) is 20.8 Å². The zero-order valence-corrected chi connectivity index (χ0v) is 9.74. The fourth-order valence-electron chi connectivity index (χ4n) is 0.571. The molecule has 1 amide bonds. The van der Waals surface area contributed by atoms with Crippen LogP contribution in [0.25, 0.3) is 0 Å². The molecule has 0 aliphatic rings. The standard InChI is InChI=1S/C8H15Cl2NO2/c1-8(2,3)7(12)11-6(13-4)5(9)10/h5-6H,1-4H3,(H,11,12)/t6-/m0/s1. The average Bonchev–Trinajstić information content (AvgIpc) is 1.96. The predicted octanol–water partition coefficient (Wildman–Crippen LogP) is 1.92. The number of hydrogen-bond acceptors (Lipinski definition) is 2. The molecule has 0 radical (unpaired) electrons. The molecule has 0 fully saturated rings. The number of alkyl halides is 2. The number of methoxy groups -OCH3 is 1. The van der Waals surface area contributed by atoms with Crippen LogP contribution in [0.2, 0.25) is 0 Å². The van der Waals surface area contributed by atoms with Gasteiger partial charge >= 0.3 is 0 Å². The molecule has 0 saturated carbocycles. The van der Waals surface area contributed by atoms with Gasteiger partial charge in [0.1, 0.15) is 0 Å². The second-order valence-electron chi connectivity index (χ2n) is 3.71. The summed E-state index contributed by atoms with van der Waals surface area (Å²) >= 11 is 11.1. The van der Waals surface area contributed by atoms with E-state index in [0.717, 1.165) is 0 Å². The molecule has 0 bridgehead atoms. The summed E-state index contributed by atoms with van der Waals surface area (Å²) in [5, 5.41) is 2.58. The minimum Gasteiger partial charge on any atom is -0.359 e. The van der Waals surface area contributed by atoms with Crippen LogP contribution in [0.4, 0.5) is 0 Å². The van der Waals surface area contributed by atoms with Crippen LogP contribution in [0.3, 0.4) is 0 Å². The molecule has 5 heteroatoms. The predicted molar refractivity (Wildman–Crippen MR) is 53.9 cm³/mol. The summed E-state index contributed by atoms with van der Waals surface area (Å²) < 4.78 is 4.88. The van der Waals surface area contributed by atoms with Gasteiger partial charge in [-0.15, -0.1) is 23.2 Å². The van der Waals surface area contributed by atoms with Crippen LogP contribution >= 0.6 is 23.2 Å². The zero-order valence-electron chi connectivity index (χ0n) is 8.23. The molecule has 0 aromatic carbocycles. The Morgan fingerprint density at radius 1 is 1.38 bits per heavy atom. The van der Waals surface area contributed by atoms with Crippen molar-refractivity contribution in [3.8, 4) is 0 Å². The lowest BCUT2D eigenvalue weighted by atomic mass is 9.96. The first-order valence-electron chi connectivity index (χ1n) is 3.91. The summed E-state index contributed by atoms with van der Waals surface area (Å²) in [6.45, 7) is 5.39. The lowest BCUT2D eigenvalue weighted by Gasteiger charge is -2.23. The fourth-order valence-corrected chi connectivity index (χ4v) is 0.902. The first kappa shape index (κ1) is 13.0. The summed E-state index contributed by atoms with van der Waals surface area (Å²) in [6, 6.07) is 0. The quantitative estimate of drug-likeness (QED) is 0.592. The Kier molecular flexibility index (Phi) is 5.04. The molecule has 13 heavy (non-hydrogen) atoms. The highest BCUT2D eigenvalue weighted by atomic mass is 35.5. The van der Waals surface area contributed by atoms with Gasteiger partial charge in [0.2, 0.25) is 5.91 Å². The Hall–Kier alpha value is 0.01000. The van der Waals surface area contributed by atoms with E-state index in [1.165, 1.54) is 7.11 Å². The molecular weight excluding hydrogens is 213 g/mol. The first-order valence-corrected chi connectivity index (χ1v) is 4.78. The van der Waals surface area contributed by atoms with E-state index in [0.29, 0.717) is 0 Å². The lowest BCUT2D eigenvalue weighted by molar-refractivity contribution is -0.132. The summed E-state index contributed by atoms with van der Waals surface area (Å²) in [7, 11) is 1.44. The Balaban J connectivity index is 4.18. The van der Waals surface area contributed by atoms with Crippen molar-refractivity contribution < 1.29 is 9.53 Å². The van der Waals surface area contributed by atoms with E-state index in [4.69, 9.17) is 27.9 Å². The maximum Gasteiger partial charge on any atom is 0.227 e. The zero-order chi connectivity index (χ0) is 10.6. The number of carbonyl (C=O) groups is 1. The third-order valence-electron chi connectivity index (χ3n) is 1.44. The molecule has 0 aromatic rings. The van der Waals surface area contributed by atoms with Crippen molar-refractivity contribution in [3.63, 3.8) is 0 Å². The molecule has 1 atom stereocenters. The van der Waals surface area contributed by atoms with Crippen molar-refractivity contribution in [1.82, 2.24) is 5.32 Å². The van der Waals surface area contributed by atoms with Gasteiger partial charge < -0.3 is 10.1 Å². The molecule has 0 aliphatic heterocycles. The largest absolute Gasteiger partial charge is 0.359 e. The van der Waals surface area contributed by atoms with Crippen molar-refractivity contribution >= 4 is 29.1 Å². The summed E-state index contributed by atoms with van der Waals surface area (Å²) in [5.74, 6) is -0.148. The summed E-state index contributed by atoms with van der Waals surface area (Å²) in [5.41, 5.74) is -0.473. The topological polar surface area (TPSA) is 38.3 Å². The van der Waals surface area contributed by atoms with E-state index < -0.39 is 16.5 Å². The van der Waals surface area contributed by atoms with E-state index >= 15 is 0 Å². The second-order valence-corrected chi connectivity index (χ2v) is 4.88. The number of halogens is 2. The van der Waals surface area contributed by atoms with Crippen LogP contribution < -0.4 is 5.32 Å². The van der Waals surface area contributed by atoms with Gasteiger partial charge in [-0.05, 0) is 0 Å². The lowest BCUT2D eigenvalue weighted by Crippen LogP contribution is -2.45. The van der Waals surface area contributed by atoms with Crippen molar-refractivity contribution in [1.29, 1.82) is 0 Å². The van der Waals surface area contributed by atoms with Crippen molar-refractivity contribution in [2.45, 2.75) is 31.8 Å². The molecule has 3 nitrogen and oxygen atoms in total. The van der Waals surface area contributed by atoms with E-state index in [1.54, 1.807) is 20.8 Å². The molecule has 0 aromatic heterocycles. The molecule has 0 aliphatic carbocycles. The Morgan fingerprint density at radius 3 is 2.08 bits per heavy atom. The highest BCUT2D eigenvalue weighted by Gasteiger charge is 2.26. The molecular formula is C8H15Cl2NO2. The SMILES string of the molecule is CO[C@H](NC(=O)C(C)(C)C)C(Cl)Cl. The number of amides is 1.